The van der Waals surface area contributed by atoms with Gasteiger partial charge in [-0.05, 0) is 31.9 Å². The molecule has 1 atom stereocenters. The summed E-state index contributed by atoms with van der Waals surface area (Å²) in [6.07, 6.45) is 2.01. The summed E-state index contributed by atoms with van der Waals surface area (Å²) in [6, 6.07) is 8.38. The predicted molar refractivity (Wildman–Crippen MR) is 68.0 cm³/mol. The van der Waals surface area contributed by atoms with Gasteiger partial charge in [-0.2, -0.15) is 0 Å². The summed E-state index contributed by atoms with van der Waals surface area (Å²) < 4.78 is 0. The third kappa shape index (κ3) is 4.71. The van der Waals surface area contributed by atoms with Crippen LogP contribution >= 0.6 is 11.8 Å². The lowest BCUT2D eigenvalue weighted by Crippen LogP contribution is -2.05. The van der Waals surface area contributed by atoms with Crippen molar-refractivity contribution in [1.82, 2.24) is 0 Å². The molecule has 0 aliphatic carbocycles. The molecule has 0 heterocycles. The van der Waals surface area contributed by atoms with Gasteiger partial charge in [-0.15, -0.1) is 11.8 Å². The number of hydrogen-bond donors (Lipinski definition) is 1. The van der Waals surface area contributed by atoms with Gasteiger partial charge in [-0.3, -0.25) is 4.79 Å². The van der Waals surface area contributed by atoms with E-state index in [9.17, 15) is 4.79 Å². The van der Waals surface area contributed by atoms with E-state index in [1.165, 1.54) is 10.5 Å². The molecule has 0 radical (unpaired) electrons. The van der Waals surface area contributed by atoms with Crippen LogP contribution in [0.3, 0.4) is 0 Å². The first-order chi connectivity index (χ1) is 7.61. The standard InChI is InChI=1S/C13H18O2S/c1-3-11(8-9-13(14)15)16-12-6-4-10(2)5-7-12/h4-7,11H,3,8-9H2,1-2H3,(H,14,15). The molecule has 3 heteroatoms. The van der Waals surface area contributed by atoms with Gasteiger partial charge in [0.1, 0.15) is 0 Å². The van der Waals surface area contributed by atoms with Crippen LogP contribution < -0.4 is 0 Å². The SMILES string of the molecule is CCC(CCC(=O)O)Sc1ccc(C)cc1. The Hall–Kier alpha value is -0.960. The second kappa shape index (κ2) is 6.59. The number of benzene rings is 1. The quantitative estimate of drug-likeness (QED) is 0.767. The highest BCUT2D eigenvalue weighted by molar-refractivity contribution is 8.00. The van der Waals surface area contributed by atoms with E-state index in [1.54, 1.807) is 11.8 Å². The molecule has 0 aliphatic heterocycles. The third-order valence-electron chi connectivity index (χ3n) is 2.46. The lowest BCUT2D eigenvalue weighted by molar-refractivity contribution is -0.137. The second-order valence-corrected chi connectivity index (χ2v) is 5.27. The highest BCUT2D eigenvalue weighted by atomic mass is 32.2. The van der Waals surface area contributed by atoms with Crippen molar-refractivity contribution < 1.29 is 9.90 Å². The van der Waals surface area contributed by atoms with E-state index >= 15 is 0 Å². The zero-order chi connectivity index (χ0) is 12.0. The van der Waals surface area contributed by atoms with Crippen LogP contribution in [-0.4, -0.2) is 16.3 Å². The number of hydrogen-bond acceptors (Lipinski definition) is 2. The van der Waals surface area contributed by atoms with Crippen LogP contribution in [-0.2, 0) is 4.79 Å². The van der Waals surface area contributed by atoms with Crippen molar-refractivity contribution >= 4 is 17.7 Å². The first-order valence-electron chi connectivity index (χ1n) is 5.57. The van der Waals surface area contributed by atoms with Crippen LogP contribution in [0.4, 0.5) is 0 Å². The largest absolute Gasteiger partial charge is 0.481 e. The highest BCUT2D eigenvalue weighted by Crippen LogP contribution is 2.28. The number of aliphatic carboxylic acids is 1. The molecule has 0 aliphatic rings. The average Bonchev–Trinajstić information content (AvgIpc) is 2.26. The van der Waals surface area contributed by atoms with E-state index in [2.05, 4.69) is 38.1 Å². The summed E-state index contributed by atoms with van der Waals surface area (Å²) in [6.45, 7) is 4.17. The topological polar surface area (TPSA) is 37.3 Å². The van der Waals surface area contributed by atoms with Gasteiger partial charge in [0.15, 0.2) is 0 Å². The van der Waals surface area contributed by atoms with E-state index in [1.807, 2.05) is 0 Å². The Kier molecular flexibility index (Phi) is 5.39. The van der Waals surface area contributed by atoms with Gasteiger partial charge in [0.05, 0.1) is 0 Å². The van der Waals surface area contributed by atoms with Gasteiger partial charge < -0.3 is 5.11 Å². The fraction of sp³-hybridized carbons (Fsp3) is 0.462. The van der Waals surface area contributed by atoms with E-state index in [0.29, 0.717) is 5.25 Å². The molecular formula is C13H18O2S. The van der Waals surface area contributed by atoms with Crippen LogP contribution in [0.1, 0.15) is 31.7 Å². The Morgan fingerprint density at radius 3 is 2.50 bits per heavy atom. The van der Waals surface area contributed by atoms with E-state index < -0.39 is 5.97 Å². The first-order valence-corrected chi connectivity index (χ1v) is 6.45. The molecular weight excluding hydrogens is 220 g/mol. The minimum atomic E-state index is -0.706. The van der Waals surface area contributed by atoms with Gasteiger partial charge in [-0.25, -0.2) is 0 Å². The van der Waals surface area contributed by atoms with Gasteiger partial charge in [-0.1, -0.05) is 24.6 Å². The summed E-state index contributed by atoms with van der Waals surface area (Å²) >= 11 is 1.78. The summed E-state index contributed by atoms with van der Waals surface area (Å²) in [5, 5.41) is 9.05. The molecule has 0 spiro atoms. The maximum Gasteiger partial charge on any atom is 0.303 e. The fourth-order valence-electron chi connectivity index (χ4n) is 1.44. The van der Waals surface area contributed by atoms with Crippen LogP contribution in [0.15, 0.2) is 29.2 Å². The smallest absolute Gasteiger partial charge is 0.303 e. The van der Waals surface area contributed by atoms with Gasteiger partial charge >= 0.3 is 5.97 Å². The van der Waals surface area contributed by atoms with Crippen molar-refractivity contribution in [2.75, 3.05) is 0 Å². The minimum absolute atomic E-state index is 0.261. The van der Waals surface area contributed by atoms with Crippen LogP contribution in [0.5, 0.6) is 0 Å². The van der Waals surface area contributed by atoms with Crippen molar-refractivity contribution in [2.45, 2.75) is 43.3 Å². The Morgan fingerprint density at radius 2 is 2.00 bits per heavy atom. The minimum Gasteiger partial charge on any atom is -0.481 e. The molecule has 0 fully saturated rings. The summed E-state index contributed by atoms with van der Waals surface area (Å²) in [4.78, 5) is 11.7. The van der Waals surface area contributed by atoms with Crippen LogP contribution in [0, 0.1) is 6.92 Å². The molecule has 1 unspecified atom stereocenters. The Labute approximate surface area is 101 Å². The number of rotatable bonds is 6. The molecule has 0 aromatic heterocycles. The fourth-order valence-corrected chi connectivity index (χ4v) is 2.52. The Bertz CT molecular complexity index is 332. The average molecular weight is 238 g/mol. The summed E-state index contributed by atoms with van der Waals surface area (Å²) in [5.74, 6) is -0.706. The molecule has 0 saturated carbocycles. The van der Waals surface area contributed by atoms with Crippen molar-refractivity contribution in [3.8, 4) is 0 Å². The normalized spacial score (nSPS) is 12.4. The van der Waals surface area contributed by atoms with E-state index in [0.717, 1.165) is 12.8 Å². The van der Waals surface area contributed by atoms with Crippen molar-refractivity contribution in [3.05, 3.63) is 29.8 Å². The summed E-state index contributed by atoms with van der Waals surface area (Å²) in [5.41, 5.74) is 1.25. The summed E-state index contributed by atoms with van der Waals surface area (Å²) in [7, 11) is 0. The highest BCUT2D eigenvalue weighted by Gasteiger charge is 2.10. The zero-order valence-corrected chi connectivity index (χ0v) is 10.6. The van der Waals surface area contributed by atoms with Gasteiger partial charge in [0.25, 0.3) is 0 Å². The molecule has 16 heavy (non-hydrogen) atoms. The molecule has 88 valence electrons. The number of aryl methyl sites for hydroxylation is 1. The molecule has 0 saturated heterocycles. The lowest BCUT2D eigenvalue weighted by atomic mass is 10.2. The molecule has 0 amide bonds. The first kappa shape index (κ1) is 13.1. The second-order valence-electron chi connectivity index (χ2n) is 3.89. The number of carbonyl (C=O) groups is 1. The predicted octanol–water partition coefficient (Wildman–Crippen LogP) is 3.73. The molecule has 1 aromatic carbocycles. The van der Waals surface area contributed by atoms with Crippen molar-refractivity contribution in [2.24, 2.45) is 0 Å². The van der Waals surface area contributed by atoms with E-state index in [4.69, 9.17) is 5.11 Å². The van der Waals surface area contributed by atoms with Gasteiger partial charge in [0, 0.05) is 16.6 Å². The lowest BCUT2D eigenvalue weighted by Gasteiger charge is -2.13. The Balaban J connectivity index is 2.49. The van der Waals surface area contributed by atoms with Crippen molar-refractivity contribution in [1.29, 1.82) is 0 Å². The van der Waals surface area contributed by atoms with Gasteiger partial charge in [0.2, 0.25) is 0 Å². The number of carboxylic acid groups (broad SMARTS) is 1. The molecule has 1 aromatic rings. The van der Waals surface area contributed by atoms with E-state index in [-0.39, 0.29) is 6.42 Å². The number of thioether (sulfide) groups is 1. The molecule has 2 nitrogen and oxygen atoms in total. The molecule has 0 bridgehead atoms. The molecule has 1 N–H and O–H groups in total. The van der Waals surface area contributed by atoms with Crippen LogP contribution in [0.2, 0.25) is 0 Å². The maximum absolute atomic E-state index is 10.5. The number of carboxylic acids is 1. The van der Waals surface area contributed by atoms with Crippen molar-refractivity contribution in [3.63, 3.8) is 0 Å². The van der Waals surface area contributed by atoms with Crippen LogP contribution in [0.25, 0.3) is 0 Å². The molecule has 1 rings (SSSR count). The third-order valence-corrected chi connectivity index (χ3v) is 3.91. The zero-order valence-electron chi connectivity index (χ0n) is 9.77. The monoisotopic (exact) mass is 238 g/mol. The Morgan fingerprint density at radius 1 is 1.38 bits per heavy atom. The maximum atomic E-state index is 10.5.